The first-order valence-corrected chi connectivity index (χ1v) is 8.50. The molecule has 0 spiro atoms. The Hall–Kier alpha value is -2.59. The van der Waals surface area contributed by atoms with Crippen LogP contribution in [0.15, 0.2) is 73.1 Å². The van der Waals surface area contributed by atoms with Crippen LogP contribution in [0.1, 0.15) is 5.82 Å². The molecule has 1 fully saturated rings. The molecule has 0 amide bonds. The molecule has 0 N–H and O–H groups in total. The Kier molecular flexibility index (Phi) is 4.30. The first-order chi connectivity index (χ1) is 11.9. The van der Waals surface area contributed by atoms with E-state index in [1.165, 1.54) is 11.4 Å². The Bertz CT molecular complexity index is 759. The summed E-state index contributed by atoms with van der Waals surface area (Å²) in [5.41, 5.74) is 2.50. The van der Waals surface area contributed by atoms with Gasteiger partial charge in [-0.2, -0.15) is 0 Å². The van der Waals surface area contributed by atoms with Gasteiger partial charge in [-0.1, -0.05) is 36.4 Å². The monoisotopic (exact) mass is 318 g/mol. The second-order valence-electron chi connectivity index (χ2n) is 6.15. The van der Waals surface area contributed by atoms with E-state index < -0.39 is 0 Å². The zero-order valence-electron chi connectivity index (χ0n) is 13.8. The quantitative estimate of drug-likeness (QED) is 0.738. The van der Waals surface area contributed by atoms with E-state index in [0.717, 1.165) is 38.5 Å². The summed E-state index contributed by atoms with van der Waals surface area (Å²) in [6, 6.07) is 21.1. The molecule has 24 heavy (non-hydrogen) atoms. The molecule has 1 aliphatic heterocycles. The van der Waals surface area contributed by atoms with Gasteiger partial charge in [-0.05, 0) is 24.3 Å². The van der Waals surface area contributed by atoms with E-state index >= 15 is 0 Å². The van der Waals surface area contributed by atoms with Crippen LogP contribution < -0.4 is 4.90 Å². The molecule has 0 unspecified atom stereocenters. The largest absolute Gasteiger partial charge is 0.369 e. The van der Waals surface area contributed by atoms with E-state index in [4.69, 9.17) is 0 Å². The van der Waals surface area contributed by atoms with Crippen LogP contribution >= 0.6 is 0 Å². The van der Waals surface area contributed by atoms with Crippen LogP contribution in [0.3, 0.4) is 0 Å². The molecular weight excluding hydrogens is 296 g/mol. The van der Waals surface area contributed by atoms with Crippen molar-refractivity contribution in [1.82, 2.24) is 14.5 Å². The van der Waals surface area contributed by atoms with Crippen molar-refractivity contribution in [3.8, 4) is 5.69 Å². The number of aromatic nitrogens is 2. The molecule has 1 aromatic heterocycles. The summed E-state index contributed by atoms with van der Waals surface area (Å²) in [4.78, 5) is 9.52. The lowest BCUT2D eigenvalue weighted by atomic mass is 10.2. The molecule has 4 nitrogen and oxygen atoms in total. The average Bonchev–Trinajstić information content (AvgIpc) is 3.12. The molecule has 2 aromatic carbocycles. The molecule has 0 atom stereocenters. The summed E-state index contributed by atoms with van der Waals surface area (Å²) in [5.74, 6) is 1.11. The minimum Gasteiger partial charge on any atom is -0.369 e. The first-order valence-electron chi connectivity index (χ1n) is 8.50. The highest BCUT2D eigenvalue weighted by atomic mass is 15.3. The number of nitrogens with zero attached hydrogens (tertiary/aromatic N) is 4. The van der Waals surface area contributed by atoms with Crippen molar-refractivity contribution in [2.75, 3.05) is 31.1 Å². The smallest absolute Gasteiger partial charge is 0.127 e. The van der Waals surface area contributed by atoms with Crippen LogP contribution in [0.25, 0.3) is 5.69 Å². The van der Waals surface area contributed by atoms with Gasteiger partial charge in [-0.25, -0.2) is 4.98 Å². The van der Waals surface area contributed by atoms with Gasteiger partial charge in [0.1, 0.15) is 5.82 Å². The van der Waals surface area contributed by atoms with Gasteiger partial charge in [0.05, 0.1) is 6.54 Å². The van der Waals surface area contributed by atoms with E-state index in [-0.39, 0.29) is 0 Å². The number of para-hydroxylation sites is 2. The fourth-order valence-electron chi connectivity index (χ4n) is 3.28. The number of imidazole rings is 1. The molecule has 0 radical (unpaired) electrons. The van der Waals surface area contributed by atoms with Gasteiger partial charge in [0, 0.05) is 49.9 Å². The van der Waals surface area contributed by atoms with Crippen LogP contribution in [0.4, 0.5) is 5.69 Å². The maximum absolute atomic E-state index is 4.57. The minimum absolute atomic E-state index is 0.893. The highest BCUT2D eigenvalue weighted by Gasteiger charge is 2.18. The zero-order chi connectivity index (χ0) is 16.2. The van der Waals surface area contributed by atoms with Gasteiger partial charge < -0.3 is 9.47 Å². The molecule has 1 saturated heterocycles. The number of piperazine rings is 1. The highest BCUT2D eigenvalue weighted by Crippen LogP contribution is 2.17. The summed E-state index contributed by atoms with van der Waals surface area (Å²) in [6.45, 7) is 5.16. The lowest BCUT2D eigenvalue weighted by molar-refractivity contribution is 0.243. The predicted molar refractivity (Wildman–Crippen MR) is 97.5 cm³/mol. The van der Waals surface area contributed by atoms with Gasteiger partial charge in [0.15, 0.2) is 0 Å². The average molecular weight is 318 g/mol. The van der Waals surface area contributed by atoms with Crippen molar-refractivity contribution in [3.05, 3.63) is 78.9 Å². The standard InChI is InChI=1S/C20H22N4/c1-3-7-18(8-4-1)23-15-13-22(14-16-23)17-20-21-11-12-24(20)19-9-5-2-6-10-19/h1-12H,13-17H2. The first kappa shape index (κ1) is 15.0. The lowest BCUT2D eigenvalue weighted by Crippen LogP contribution is -2.46. The summed E-state index contributed by atoms with van der Waals surface area (Å²) in [6.07, 6.45) is 3.94. The maximum atomic E-state index is 4.57. The third kappa shape index (κ3) is 3.19. The zero-order valence-corrected chi connectivity index (χ0v) is 13.8. The fraction of sp³-hybridized carbons (Fsp3) is 0.250. The number of benzene rings is 2. The lowest BCUT2D eigenvalue weighted by Gasteiger charge is -2.36. The summed E-state index contributed by atoms with van der Waals surface area (Å²) in [5, 5.41) is 0. The molecule has 0 bridgehead atoms. The Labute approximate surface area is 143 Å². The predicted octanol–water partition coefficient (Wildman–Crippen LogP) is 3.19. The Morgan fingerprint density at radius 3 is 2.04 bits per heavy atom. The Morgan fingerprint density at radius 2 is 1.38 bits per heavy atom. The van der Waals surface area contributed by atoms with E-state index in [0.29, 0.717) is 0 Å². The molecule has 2 heterocycles. The Morgan fingerprint density at radius 1 is 0.750 bits per heavy atom. The minimum atomic E-state index is 0.893. The van der Waals surface area contributed by atoms with Crippen molar-refractivity contribution in [2.24, 2.45) is 0 Å². The summed E-state index contributed by atoms with van der Waals surface area (Å²) < 4.78 is 2.18. The SMILES string of the molecule is c1ccc(N2CCN(Cc3nccn3-c3ccccc3)CC2)cc1. The normalized spacial score (nSPS) is 15.6. The molecule has 0 saturated carbocycles. The van der Waals surface area contributed by atoms with Crippen molar-refractivity contribution >= 4 is 5.69 Å². The van der Waals surface area contributed by atoms with Gasteiger partial charge in [0.25, 0.3) is 0 Å². The van der Waals surface area contributed by atoms with Gasteiger partial charge in [-0.15, -0.1) is 0 Å². The second kappa shape index (κ2) is 6.89. The van der Waals surface area contributed by atoms with E-state index in [1.54, 1.807) is 0 Å². The highest BCUT2D eigenvalue weighted by molar-refractivity contribution is 5.46. The van der Waals surface area contributed by atoms with Crippen LogP contribution in [-0.2, 0) is 6.54 Å². The van der Waals surface area contributed by atoms with Gasteiger partial charge >= 0.3 is 0 Å². The van der Waals surface area contributed by atoms with E-state index in [2.05, 4.69) is 73.9 Å². The van der Waals surface area contributed by atoms with Crippen molar-refractivity contribution in [3.63, 3.8) is 0 Å². The number of hydrogen-bond donors (Lipinski definition) is 0. The van der Waals surface area contributed by atoms with Gasteiger partial charge in [-0.3, -0.25) is 4.90 Å². The second-order valence-corrected chi connectivity index (χ2v) is 6.15. The van der Waals surface area contributed by atoms with Crippen LogP contribution in [0.2, 0.25) is 0 Å². The number of anilines is 1. The molecule has 0 aliphatic carbocycles. The van der Waals surface area contributed by atoms with E-state index in [9.17, 15) is 0 Å². The van der Waals surface area contributed by atoms with Crippen molar-refractivity contribution in [2.45, 2.75) is 6.54 Å². The summed E-state index contributed by atoms with van der Waals surface area (Å²) >= 11 is 0. The van der Waals surface area contributed by atoms with E-state index in [1.807, 2.05) is 18.5 Å². The summed E-state index contributed by atoms with van der Waals surface area (Å²) in [7, 11) is 0. The topological polar surface area (TPSA) is 24.3 Å². The molecule has 4 rings (SSSR count). The van der Waals surface area contributed by atoms with Crippen LogP contribution in [0.5, 0.6) is 0 Å². The van der Waals surface area contributed by atoms with Crippen LogP contribution in [0, 0.1) is 0 Å². The van der Waals surface area contributed by atoms with Crippen molar-refractivity contribution < 1.29 is 0 Å². The third-order valence-corrected chi connectivity index (χ3v) is 4.61. The van der Waals surface area contributed by atoms with Crippen molar-refractivity contribution in [1.29, 1.82) is 0 Å². The molecular formula is C20H22N4. The molecule has 122 valence electrons. The number of rotatable bonds is 4. The van der Waals surface area contributed by atoms with Crippen LogP contribution in [-0.4, -0.2) is 40.6 Å². The Balaban J connectivity index is 1.41. The third-order valence-electron chi connectivity index (χ3n) is 4.61. The number of hydrogen-bond acceptors (Lipinski definition) is 3. The molecule has 4 heteroatoms. The van der Waals surface area contributed by atoms with Gasteiger partial charge in [0.2, 0.25) is 0 Å². The molecule has 3 aromatic rings. The molecule has 1 aliphatic rings. The fourth-order valence-corrected chi connectivity index (χ4v) is 3.28. The maximum Gasteiger partial charge on any atom is 0.127 e.